The van der Waals surface area contributed by atoms with Crippen LogP contribution in [0.4, 0.5) is 0 Å². The Labute approximate surface area is 194 Å². The molecule has 3 rings (SSSR count). The minimum absolute atomic E-state index is 0.137. The smallest absolute Gasteiger partial charge is 0.256 e. The monoisotopic (exact) mass is 461 g/mol. The normalized spacial score (nSPS) is 16.0. The molecule has 2 aromatic carbocycles. The summed E-state index contributed by atoms with van der Waals surface area (Å²) in [6, 6.07) is 12.5. The van der Waals surface area contributed by atoms with E-state index in [1.54, 1.807) is 23.1 Å². The molecular formula is C24H29Cl2N3O2. The van der Waals surface area contributed by atoms with Gasteiger partial charge in [-0.05, 0) is 55.3 Å². The number of rotatable bonds is 8. The molecule has 166 valence electrons. The zero-order valence-electron chi connectivity index (χ0n) is 18.0. The predicted octanol–water partition coefficient (Wildman–Crippen LogP) is 4.76. The van der Waals surface area contributed by atoms with Crippen LogP contribution < -0.4 is 5.32 Å². The second-order valence-corrected chi connectivity index (χ2v) is 8.57. The van der Waals surface area contributed by atoms with Gasteiger partial charge in [-0.15, -0.1) is 0 Å². The highest BCUT2D eigenvalue weighted by Gasteiger charge is 2.35. The Morgan fingerprint density at radius 1 is 1.10 bits per heavy atom. The number of amides is 2. The SMILES string of the molecule is CCN(CC)Cc1ccccc1CNC(=O)C1CCCN1C(=O)c1cc(Cl)ccc1Cl. The van der Waals surface area contributed by atoms with E-state index >= 15 is 0 Å². The number of likely N-dealkylation sites (tertiary alicyclic amines) is 1. The molecule has 0 bridgehead atoms. The minimum Gasteiger partial charge on any atom is -0.350 e. The Kier molecular flexibility index (Phi) is 8.35. The number of benzene rings is 2. The van der Waals surface area contributed by atoms with E-state index in [4.69, 9.17) is 23.2 Å². The number of hydrogen-bond acceptors (Lipinski definition) is 3. The van der Waals surface area contributed by atoms with Crippen LogP contribution in [0.15, 0.2) is 42.5 Å². The molecular weight excluding hydrogens is 433 g/mol. The van der Waals surface area contributed by atoms with Crippen LogP contribution in [0, 0.1) is 0 Å². The Balaban J connectivity index is 1.68. The molecule has 2 amide bonds. The van der Waals surface area contributed by atoms with E-state index in [9.17, 15) is 9.59 Å². The summed E-state index contributed by atoms with van der Waals surface area (Å²) in [6.07, 6.45) is 1.41. The maximum atomic E-state index is 13.0. The summed E-state index contributed by atoms with van der Waals surface area (Å²) < 4.78 is 0. The lowest BCUT2D eigenvalue weighted by Crippen LogP contribution is -2.45. The topological polar surface area (TPSA) is 52.7 Å². The van der Waals surface area contributed by atoms with Crippen LogP contribution in [0.1, 0.15) is 48.2 Å². The van der Waals surface area contributed by atoms with Crippen LogP contribution in [0.2, 0.25) is 10.0 Å². The molecule has 1 heterocycles. The number of carbonyl (C=O) groups is 2. The van der Waals surface area contributed by atoms with Crippen LogP contribution in [-0.2, 0) is 17.9 Å². The minimum atomic E-state index is -0.502. The van der Waals surface area contributed by atoms with Gasteiger partial charge in [0.05, 0.1) is 10.6 Å². The molecule has 5 nitrogen and oxygen atoms in total. The first-order valence-electron chi connectivity index (χ1n) is 10.8. The summed E-state index contributed by atoms with van der Waals surface area (Å²) in [4.78, 5) is 30.0. The molecule has 0 radical (unpaired) electrons. The number of hydrogen-bond donors (Lipinski definition) is 1. The van der Waals surface area contributed by atoms with Gasteiger partial charge in [0.1, 0.15) is 6.04 Å². The van der Waals surface area contributed by atoms with E-state index in [0.717, 1.165) is 31.6 Å². The third-order valence-electron chi connectivity index (χ3n) is 5.83. The summed E-state index contributed by atoms with van der Waals surface area (Å²) >= 11 is 12.3. The zero-order valence-corrected chi connectivity index (χ0v) is 19.5. The van der Waals surface area contributed by atoms with Crippen LogP contribution in [0.25, 0.3) is 0 Å². The highest BCUT2D eigenvalue weighted by molar-refractivity contribution is 6.35. The molecule has 0 aromatic heterocycles. The summed E-state index contributed by atoms with van der Waals surface area (Å²) in [7, 11) is 0. The fraction of sp³-hybridized carbons (Fsp3) is 0.417. The summed E-state index contributed by atoms with van der Waals surface area (Å²) in [5.41, 5.74) is 2.63. The molecule has 1 fully saturated rings. The largest absolute Gasteiger partial charge is 0.350 e. The van der Waals surface area contributed by atoms with Crippen molar-refractivity contribution in [1.82, 2.24) is 15.1 Å². The van der Waals surface area contributed by atoms with Gasteiger partial charge in [-0.2, -0.15) is 0 Å². The third kappa shape index (κ3) is 5.79. The number of nitrogens with zero attached hydrogens (tertiary/aromatic N) is 2. The van der Waals surface area contributed by atoms with Crippen LogP contribution in [0.5, 0.6) is 0 Å². The van der Waals surface area contributed by atoms with E-state index in [2.05, 4.69) is 30.1 Å². The Hall–Kier alpha value is -2.08. The highest BCUT2D eigenvalue weighted by Crippen LogP contribution is 2.26. The number of nitrogens with one attached hydrogen (secondary N) is 1. The molecule has 2 aromatic rings. The van der Waals surface area contributed by atoms with Crippen molar-refractivity contribution in [3.63, 3.8) is 0 Å². The molecule has 1 N–H and O–H groups in total. The Bertz CT molecular complexity index is 931. The number of halogens is 2. The lowest BCUT2D eigenvalue weighted by atomic mass is 10.1. The third-order valence-corrected chi connectivity index (χ3v) is 6.40. The first-order valence-corrected chi connectivity index (χ1v) is 11.5. The maximum Gasteiger partial charge on any atom is 0.256 e. The van der Waals surface area contributed by atoms with Crippen molar-refractivity contribution in [1.29, 1.82) is 0 Å². The van der Waals surface area contributed by atoms with E-state index in [-0.39, 0.29) is 11.8 Å². The molecule has 7 heteroatoms. The fourth-order valence-electron chi connectivity index (χ4n) is 3.97. The van der Waals surface area contributed by atoms with Gasteiger partial charge in [-0.3, -0.25) is 14.5 Å². The van der Waals surface area contributed by atoms with E-state index in [1.165, 1.54) is 5.56 Å². The second kappa shape index (κ2) is 11.0. The van der Waals surface area contributed by atoms with Crippen molar-refractivity contribution < 1.29 is 9.59 Å². The standard InChI is InChI=1S/C24H29Cl2N3O2/c1-3-28(4-2)16-18-9-6-5-8-17(18)15-27-23(30)22-10-7-13-29(22)24(31)20-14-19(25)11-12-21(20)26/h5-6,8-9,11-12,14,22H,3-4,7,10,13,15-16H2,1-2H3,(H,27,30). The zero-order chi connectivity index (χ0) is 22.4. The summed E-state index contributed by atoms with van der Waals surface area (Å²) in [6.45, 7) is 8.05. The van der Waals surface area contributed by atoms with Gasteiger partial charge in [0.2, 0.25) is 5.91 Å². The van der Waals surface area contributed by atoms with E-state index in [0.29, 0.717) is 35.1 Å². The average Bonchev–Trinajstić information content (AvgIpc) is 3.27. The average molecular weight is 462 g/mol. The van der Waals surface area contributed by atoms with Gasteiger partial charge >= 0.3 is 0 Å². The van der Waals surface area contributed by atoms with Crippen molar-refractivity contribution in [2.45, 2.75) is 45.8 Å². The molecule has 31 heavy (non-hydrogen) atoms. The molecule has 0 spiro atoms. The quantitative estimate of drug-likeness (QED) is 0.616. The maximum absolute atomic E-state index is 13.0. The first kappa shape index (κ1) is 23.6. The summed E-state index contributed by atoms with van der Waals surface area (Å²) in [5.74, 6) is -0.395. The van der Waals surface area contributed by atoms with Gasteiger partial charge in [-0.1, -0.05) is 61.3 Å². The molecule has 1 unspecified atom stereocenters. The number of carbonyl (C=O) groups excluding carboxylic acids is 2. The van der Waals surface area contributed by atoms with E-state index < -0.39 is 6.04 Å². The molecule has 0 aliphatic carbocycles. The van der Waals surface area contributed by atoms with Crippen molar-refractivity contribution in [3.8, 4) is 0 Å². The van der Waals surface area contributed by atoms with Crippen molar-refractivity contribution >= 4 is 35.0 Å². The second-order valence-electron chi connectivity index (χ2n) is 7.73. The van der Waals surface area contributed by atoms with Gasteiger partial charge in [0.15, 0.2) is 0 Å². The van der Waals surface area contributed by atoms with Gasteiger partial charge in [0, 0.05) is 24.7 Å². The molecule has 1 atom stereocenters. The van der Waals surface area contributed by atoms with Crippen molar-refractivity contribution in [2.24, 2.45) is 0 Å². The van der Waals surface area contributed by atoms with Gasteiger partial charge < -0.3 is 10.2 Å². The van der Waals surface area contributed by atoms with Crippen molar-refractivity contribution in [2.75, 3.05) is 19.6 Å². The Morgan fingerprint density at radius 2 is 1.81 bits per heavy atom. The van der Waals surface area contributed by atoms with Crippen LogP contribution in [0.3, 0.4) is 0 Å². The molecule has 1 aliphatic rings. The lowest BCUT2D eigenvalue weighted by molar-refractivity contribution is -0.125. The molecule has 1 saturated heterocycles. The molecule has 0 saturated carbocycles. The first-order chi connectivity index (χ1) is 14.9. The predicted molar refractivity (Wildman–Crippen MR) is 125 cm³/mol. The lowest BCUT2D eigenvalue weighted by Gasteiger charge is -2.25. The van der Waals surface area contributed by atoms with Gasteiger partial charge in [0.25, 0.3) is 5.91 Å². The van der Waals surface area contributed by atoms with Crippen molar-refractivity contribution in [3.05, 3.63) is 69.2 Å². The Morgan fingerprint density at radius 3 is 2.52 bits per heavy atom. The van der Waals surface area contributed by atoms with Crippen LogP contribution in [-0.4, -0.2) is 47.3 Å². The molecule has 1 aliphatic heterocycles. The van der Waals surface area contributed by atoms with E-state index in [1.807, 2.05) is 18.2 Å². The fourth-order valence-corrected chi connectivity index (χ4v) is 4.34. The summed E-state index contributed by atoms with van der Waals surface area (Å²) in [5, 5.41) is 3.82. The van der Waals surface area contributed by atoms with Crippen LogP contribution >= 0.6 is 23.2 Å². The highest BCUT2D eigenvalue weighted by atomic mass is 35.5. The van der Waals surface area contributed by atoms with Gasteiger partial charge in [-0.25, -0.2) is 0 Å².